The second-order valence-corrected chi connectivity index (χ2v) is 9.67. The van der Waals surface area contributed by atoms with Gasteiger partial charge in [0.2, 0.25) is 0 Å². The molecule has 0 aliphatic heterocycles. The molecule has 0 unspecified atom stereocenters. The first-order valence-electron chi connectivity index (χ1n) is 13.0. The second kappa shape index (κ2) is 13.0. The lowest BCUT2D eigenvalue weighted by atomic mass is 9.77. The van der Waals surface area contributed by atoms with E-state index < -0.39 is 0 Å². The third-order valence-electron chi connectivity index (χ3n) is 7.20. The van der Waals surface area contributed by atoms with E-state index in [0.717, 1.165) is 30.0 Å². The van der Waals surface area contributed by atoms with Crippen molar-refractivity contribution in [2.45, 2.75) is 110 Å². The van der Waals surface area contributed by atoms with Gasteiger partial charge in [0, 0.05) is 11.8 Å². The maximum atomic E-state index is 14.8. The van der Waals surface area contributed by atoms with Crippen molar-refractivity contribution in [3.63, 3.8) is 0 Å². The van der Waals surface area contributed by atoms with Crippen molar-refractivity contribution in [1.82, 2.24) is 4.98 Å². The van der Waals surface area contributed by atoms with Crippen molar-refractivity contribution in [3.05, 3.63) is 53.5 Å². The van der Waals surface area contributed by atoms with Gasteiger partial charge in [-0.15, -0.1) is 0 Å². The van der Waals surface area contributed by atoms with Crippen molar-refractivity contribution < 1.29 is 4.39 Å². The summed E-state index contributed by atoms with van der Waals surface area (Å²) in [5.41, 5.74) is 3.81. The van der Waals surface area contributed by atoms with Crippen LogP contribution in [0.1, 0.15) is 114 Å². The number of nitrogens with zero attached hydrogens (tertiary/aromatic N) is 1. The first kappa shape index (κ1) is 24.0. The number of unbranched alkanes of at least 4 members (excludes halogenated alkanes) is 6. The Kier molecular flexibility index (Phi) is 10.0. The molecule has 2 heteroatoms. The third-order valence-corrected chi connectivity index (χ3v) is 7.20. The number of halogens is 1. The van der Waals surface area contributed by atoms with E-state index in [0.29, 0.717) is 11.5 Å². The average Bonchev–Trinajstić information content (AvgIpc) is 2.80. The van der Waals surface area contributed by atoms with Gasteiger partial charge in [-0.3, -0.25) is 4.98 Å². The highest BCUT2D eigenvalue weighted by atomic mass is 19.1. The van der Waals surface area contributed by atoms with Gasteiger partial charge in [-0.1, -0.05) is 77.3 Å². The standard InChI is InChI=1S/C29H42FN/c1-3-5-7-8-10-12-24-15-19-27(28(30)21-24)29-20-18-26(22-31-29)25-16-13-23(14-17-25)11-9-6-4-2/h15,18-23,25H,3-14,16-17H2,1-2H3. The molecule has 0 amide bonds. The minimum Gasteiger partial charge on any atom is -0.256 e. The summed E-state index contributed by atoms with van der Waals surface area (Å²) < 4.78 is 14.8. The molecule has 2 aromatic rings. The van der Waals surface area contributed by atoms with E-state index in [2.05, 4.69) is 31.0 Å². The van der Waals surface area contributed by atoms with Crippen LogP contribution in [0.2, 0.25) is 0 Å². The number of aryl methyl sites for hydroxylation is 1. The zero-order chi connectivity index (χ0) is 21.9. The maximum Gasteiger partial charge on any atom is 0.132 e. The van der Waals surface area contributed by atoms with E-state index in [-0.39, 0.29) is 5.82 Å². The Labute approximate surface area is 189 Å². The van der Waals surface area contributed by atoms with Crippen LogP contribution in [0.5, 0.6) is 0 Å². The van der Waals surface area contributed by atoms with Gasteiger partial charge in [-0.2, -0.15) is 0 Å². The molecule has 3 rings (SSSR count). The van der Waals surface area contributed by atoms with E-state index in [4.69, 9.17) is 0 Å². The fourth-order valence-corrected chi connectivity index (χ4v) is 5.13. The smallest absolute Gasteiger partial charge is 0.132 e. The van der Waals surface area contributed by atoms with Gasteiger partial charge < -0.3 is 0 Å². The van der Waals surface area contributed by atoms with Crippen LogP contribution in [0.15, 0.2) is 36.5 Å². The van der Waals surface area contributed by atoms with Gasteiger partial charge in [-0.05, 0) is 79.7 Å². The van der Waals surface area contributed by atoms with Crippen molar-refractivity contribution in [1.29, 1.82) is 0 Å². The molecular formula is C29H42FN. The normalized spacial score (nSPS) is 18.9. The summed E-state index contributed by atoms with van der Waals surface area (Å²) in [5.74, 6) is 1.41. The van der Waals surface area contributed by atoms with Gasteiger partial charge >= 0.3 is 0 Å². The van der Waals surface area contributed by atoms with Crippen LogP contribution >= 0.6 is 0 Å². The molecule has 1 aromatic heterocycles. The number of hydrogen-bond acceptors (Lipinski definition) is 1. The zero-order valence-corrected chi connectivity index (χ0v) is 19.8. The number of pyridine rings is 1. The highest BCUT2D eigenvalue weighted by molar-refractivity contribution is 5.60. The summed E-state index contributed by atoms with van der Waals surface area (Å²) in [4.78, 5) is 4.65. The van der Waals surface area contributed by atoms with Gasteiger partial charge in [-0.25, -0.2) is 4.39 Å². The molecule has 0 saturated heterocycles. The lowest BCUT2D eigenvalue weighted by Crippen LogP contribution is -2.13. The summed E-state index contributed by atoms with van der Waals surface area (Å²) in [7, 11) is 0. The zero-order valence-electron chi connectivity index (χ0n) is 19.8. The molecule has 1 fully saturated rings. The molecule has 31 heavy (non-hydrogen) atoms. The quantitative estimate of drug-likeness (QED) is 0.310. The summed E-state index contributed by atoms with van der Waals surface area (Å²) in [6.07, 6.45) is 19.9. The number of rotatable bonds is 12. The summed E-state index contributed by atoms with van der Waals surface area (Å²) >= 11 is 0. The fraction of sp³-hybridized carbons (Fsp3) is 0.621. The van der Waals surface area contributed by atoms with Crippen molar-refractivity contribution in [2.75, 3.05) is 0 Å². The number of aromatic nitrogens is 1. The van der Waals surface area contributed by atoms with E-state index in [1.54, 1.807) is 6.07 Å². The van der Waals surface area contributed by atoms with Crippen LogP contribution < -0.4 is 0 Å². The van der Waals surface area contributed by atoms with Crippen molar-refractivity contribution in [3.8, 4) is 11.3 Å². The van der Waals surface area contributed by atoms with E-state index >= 15 is 0 Å². The Hall–Kier alpha value is -1.70. The van der Waals surface area contributed by atoms with Crippen LogP contribution in [0.3, 0.4) is 0 Å². The Morgan fingerprint density at radius 1 is 0.839 bits per heavy atom. The SMILES string of the molecule is CCCCCCCc1ccc(-c2ccc(C3CCC(CCCCC)CC3)cn2)c(F)c1. The molecule has 1 aliphatic rings. The maximum absolute atomic E-state index is 14.8. The predicted octanol–water partition coefficient (Wildman–Crippen LogP) is 9.25. The highest BCUT2D eigenvalue weighted by Crippen LogP contribution is 2.38. The lowest BCUT2D eigenvalue weighted by Gasteiger charge is -2.28. The predicted molar refractivity (Wildman–Crippen MR) is 131 cm³/mol. The van der Waals surface area contributed by atoms with E-state index in [1.807, 2.05) is 18.3 Å². The summed E-state index contributed by atoms with van der Waals surface area (Å²) in [5, 5.41) is 0. The Bertz CT molecular complexity index is 759. The first-order chi connectivity index (χ1) is 15.2. The molecule has 0 spiro atoms. The minimum atomic E-state index is -0.140. The number of hydrogen-bond donors (Lipinski definition) is 0. The largest absolute Gasteiger partial charge is 0.256 e. The summed E-state index contributed by atoms with van der Waals surface area (Å²) in [6, 6.07) is 9.91. The molecule has 170 valence electrons. The molecule has 1 nitrogen and oxygen atoms in total. The molecule has 1 aromatic carbocycles. The Morgan fingerprint density at radius 2 is 1.58 bits per heavy atom. The molecule has 1 saturated carbocycles. The first-order valence-corrected chi connectivity index (χ1v) is 13.0. The van der Waals surface area contributed by atoms with Crippen molar-refractivity contribution >= 4 is 0 Å². The van der Waals surface area contributed by atoms with E-state index in [9.17, 15) is 4.39 Å². The van der Waals surface area contributed by atoms with Crippen LogP contribution in [0.4, 0.5) is 4.39 Å². The molecular weight excluding hydrogens is 381 g/mol. The topological polar surface area (TPSA) is 12.9 Å². The summed E-state index contributed by atoms with van der Waals surface area (Å²) in [6.45, 7) is 4.51. The molecule has 1 heterocycles. The lowest BCUT2D eigenvalue weighted by molar-refractivity contribution is 0.302. The average molecular weight is 424 g/mol. The van der Waals surface area contributed by atoms with Crippen LogP contribution in [0.25, 0.3) is 11.3 Å². The molecule has 0 N–H and O–H groups in total. The van der Waals surface area contributed by atoms with Crippen molar-refractivity contribution in [2.24, 2.45) is 5.92 Å². The molecule has 0 atom stereocenters. The molecule has 1 aliphatic carbocycles. The van der Waals surface area contributed by atoms with Gasteiger partial charge in [0.25, 0.3) is 0 Å². The third kappa shape index (κ3) is 7.44. The molecule has 0 bridgehead atoms. The van der Waals surface area contributed by atoms with Crippen LogP contribution in [0, 0.1) is 11.7 Å². The number of benzene rings is 1. The second-order valence-electron chi connectivity index (χ2n) is 9.67. The minimum absolute atomic E-state index is 0.140. The van der Waals surface area contributed by atoms with Crippen LogP contribution in [-0.4, -0.2) is 4.98 Å². The Morgan fingerprint density at radius 3 is 2.26 bits per heavy atom. The van der Waals surface area contributed by atoms with Gasteiger partial charge in [0.05, 0.1) is 5.69 Å². The van der Waals surface area contributed by atoms with Gasteiger partial charge in [0.1, 0.15) is 5.82 Å². The van der Waals surface area contributed by atoms with E-state index in [1.165, 1.54) is 82.6 Å². The fourth-order valence-electron chi connectivity index (χ4n) is 5.13. The van der Waals surface area contributed by atoms with Gasteiger partial charge in [0.15, 0.2) is 0 Å². The monoisotopic (exact) mass is 423 g/mol. The molecule has 0 radical (unpaired) electrons. The highest BCUT2D eigenvalue weighted by Gasteiger charge is 2.22. The van der Waals surface area contributed by atoms with Crippen LogP contribution in [-0.2, 0) is 6.42 Å². The Balaban J connectivity index is 1.52.